The lowest BCUT2D eigenvalue weighted by Crippen LogP contribution is -2.35. The van der Waals surface area contributed by atoms with Gasteiger partial charge in [0.05, 0.1) is 12.2 Å². The number of nitrogens with zero attached hydrogens (tertiary/aromatic N) is 1. The predicted octanol–water partition coefficient (Wildman–Crippen LogP) is 1.80. The van der Waals surface area contributed by atoms with E-state index in [1.54, 1.807) is 0 Å². The van der Waals surface area contributed by atoms with E-state index < -0.39 is 0 Å². The summed E-state index contributed by atoms with van der Waals surface area (Å²) in [5, 5.41) is 3.38. The summed E-state index contributed by atoms with van der Waals surface area (Å²) in [6, 6.07) is 10.1. The van der Waals surface area contributed by atoms with Gasteiger partial charge < -0.3 is 9.64 Å². The molecule has 0 spiro atoms. The lowest BCUT2D eigenvalue weighted by atomic mass is 10.1. The first-order valence-corrected chi connectivity index (χ1v) is 7.40. The third-order valence-corrected chi connectivity index (χ3v) is 3.67. The third-order valence-electron chi connectivity index (χ3n) is 3.67. The molecule has 1 aromatic carbocycles. The van der Waals surface area contributed by atoms with Gasteiger partial charge in [-0.2, -0.15) is 0 Å². The highest BCUT2D eigenvalue weighted by Crippen LogP contribution is 2.15. The molecule has 0 aliphatic carbocycles. The number of hydrogen-bond acceptors (Lipinski definition) is 3. The molecule has 4 heteroatoms. The molecule has 1 amide bonds. The van der Waals surface area contributed by atoms with Gasteiger partial charge in [-0.05, 0) is 32.3 Å². The maximum atomic E-state index is 12.4. The van der Waals surface area contributed by atoms with Gasteiger partial charge in [0.1, 0.15) is 0 Å². The normalized spacial score (nSPS) is 22.5. The molecule has 0 radical (unpaired) electrons. The number of ether oxygens (including phenoxy) is 1. The van der Waals surface area contributed by atoms with Gasteiger partial charge in [0.2, 0.25) is 5.91 Å². The van der Waals surface area contributed by atoms with Crippen LogP contribution in [0.2, 0.25) is 0 Å². The minimum absolute atomic E-state index is 0.0977. The molecule has 4 nitrogen and oxygen atoms in total. The van der Waals surface area contributed by atoms with E-state index in [-0.39, 0.29) is 18.1 Å². The monoisotopic (exact) mass is 276 g/mol. The quantitative estimate of drug-likeness (QED) is 0.772. The Morgan fingerprint density at radius 1 is 1.30 bits per heavy atom. The summed E-state index contributed by atoms with van der Waals surface area (Å²) < 4.78 is 5.33. The molecular weight excluding hydrogens is 252 g/mol. The van der Waals surface area contributed by atoms with Crippen molar-refractivity contribution in [3.63, 3.8) is 0 Å². The maximum Gasteiger partial charge on any atom is 0.241 e. The highest BCUT2D eigenvalue weighted by atomic mass is 16.5. The fourth-order valence-corrected chi connectivity index (χ4v) is 2.62. The average Bonchev–Trinajstić information content (AvgIpc) is 2.72. The van der Waals surface area contributed by atoms with Crippen LogP contribution in [-0.4, -0.2) is 42.8 Å². The van der Waals surface area contributed by atoms with Gasteiger partial charge in [-0.15, -0.1) is 0 Å². The second-order valence-electron chi connectivity index (χ2n) is 5.17. The number of carbonyl (C=O) groups is 1. The zero-order chi connectivity index (χ0) is 14.4. The lowest BCUT2D eigenvalue weighted by molar-refractivity contribution is -0.130. The highest BCUT2D eigenvalue weighted by Gasteiger charge is 2.35. The van der Waals surface area contributed by atoms with Gasteiger partial charge in [0.15, 0.2) is 0 Å². The van der Waals surface area contributed by atoms with Gasteiger partial charge in [0, 0.05) is 19.8 Å². The van der Waals surface area contributed by atoms with Crippen molar-refractivity contribution in [1.82, 2.24) is 10.2 Å². The van der Waals surface area contributed by atoms with E-state index in [1.807, 2.05) is 36.9 Å². The molecule has 1 saturated heterocycles. The van der Waals surface area contributed by atoms with Crippen LogP contribution in [0.1, 0.15) is 25.8 Å². The largest absolute Gasteiger partial charge is 0.382 e. The molecule has 2 unspecified atom stereocenters. The van der Waals surface area contributed by atoms with E-state index in [9.17, 15) is 4.79 Å². The molecule has 1 N–H and O–H groups in total. The van der Waals surface area contributed by atoms with Crippen LogP contribution in [0.4, 0.5) is 0 Å². The first-order valence-electron chi connectivity index (χ1n) is 7.40. The van der Waals surface area contributed by atoms with Gasteiger partial charge in [-0.3, -0.25) is 10.1 Å². The maximum absolute atomic E-state index is 12.4. The number of nitrogens with one attached hydrogen (secondary N) is 1. The molecule has 1 aliphatic rings. The van der Waals surface area contributed by atoms with E-state index >= 15 is 0 Å². The summed E-state index contributed by atoms with van der Waals surface area (Å²) in [4.78, 5) is 14.3. The molecule has 0 aromatic heterocycles. The van der Waals surface area contributed by atoms with Crippen LogP contribution in [0.15, 0.2) is 30.3 Å². The van der Waals surface area contributed by atoms with Crippen molar-refractivity contribution in [3.8, 4) is 0 Å². The Balaban J connectivity index is 1.86. The molecule has 0 saturated carbocycles. The molecule has 1 heterocycles. The van der Waals surface area contributed by atoms with Crippen LogP contribution in [0, 0.1) is 0 Å². The van der Waals surface area contributed by atoms with Crippen molar-refractivity contribution < 1.29 is 9.53 Å². The van der Waals surface area contributed by atoms with E-state index in [0.717, 1.165) is 32.6 Å². The average molecular weight is 276 g/mol. The molecule has 2 rings (SSSR count). The molecule has 110 valence electrons. The third kappa shape index (κ3) is 3.81. The summed E-state index contributed by atoms with van der Waals surface area (Å²) >= 11 is 0. The molecule has 20 heavy (non-hydrogen) atoms. The Hall–Kier alpha value is -1.39. The van der Waals surface area contributed by atoms with Crippen molar-refractivity contribution in [3.05, 3.63) is 35.9 Å². The highest BCUT2D eigenvalue weighted by molar-refractivity contribution is 5.84. The smallest absolute Gasteiger partial charge is 0.241 e. The van der Waals surface area contributed by atoms with E-state index in [1.165, 1.54) is 5.56 Å². The number of rotatable bonds is 7. The van der Waals surface area contributed by atoms with Gasteiger partial charge in [0.25, 0.3) is 0 Å². The number of carbonyl (C=O) groups excluding carboxylic acids is 1. The zero-order valence-corrected chi connectivity index (χ0v) is 12.3. The van der Waals surface area contributed by atoms with Crippen LogP contribution in [-0.2, 0) is 16.0 Å². The molecule has 2 atom stereocenters. The van der Waals surface area contributed by atoms with Crippen LogP contribution < -0.4 is 5.32 Å². The summed E-state index contributed by atoms with van der Waals surface area (Å²) in [6.45, 7) is 6.25. The second-order valence-corrected chi connectivity index (χ2v) is 5.17. The fourth-order valence-electron chi connectivity index (χ4n) is 2.62. The van der Waals surface area contributed by atoms with E-state index in [0.29, 0.717) is 0 Å². The summed E-state index contributed by atoms with van der Waals surface area (Å²) in [7, 11) is 0. The van der Waals surface area contributed by atoms with Gasteiger partial charge >= 0.3 is 0 Å². The molecule has 1 fully saturated rings. The van der Waals surface area contributed by atoms with Crippen molar-refractivity contribution in [2.24, 2.45) is 0 Å². The van der Waals surface area contributed by atoms with Crippen molar-refractivity contribution >= 4 is 5.91 Å². The van der Waals surface area contributed by atoms with E-state index in [2.05, 4.69) is 17.4 Å². The van der Waals surface area contributed by atoms with Crippen LogP contribution >= 0.6 is 0 Å². The second kappa shape index (κ2) is 7.41. The standard InChI is InChI=1S/C16H24N2O2/c1-3-20-11-7-10-18-13(2)17-15(16(18)19)12-14-8-5-4-6-9-14/h4-6,8-9,13,15,17H,3,7,10-12H2,1-2H3. The summed E-state index contributed by atoms with van der Waals surface area (Å²) in [6.07, 6.45) is 1.76. The lowest BCUT2D eigenvalue weighted by Gasteiger charge is -2.20. The number of amides is 1. The van der Waals surface area contributed by atoms with Gasteiger partial charge in [-0.1, -0.05) is 30.3 Å². The molecular formula is C16H24N2O2. The number of benzene rings is 1. The Labute approximate surface area is 121 Å². The van der Waals surface area contributed by atoms with Crippen LogP contribution in [0.25, 0.3) is 0 Å². The minimum atomic E-state index is -0.0977. The Kier molecular flexibility index (Phi) is 5.56. The van der Waals surface area contributed by atoms with E-state index in [4.69, 9.17) is 4.74 Å². The first-order chi connectivity index (χ1) is 9.72. The Morgan fingerprint density at radius 3 is 2.75 bits per heavy atom. The Morgan fingerprint density at radius 2 is 2.05 bits per heavy atom. The Bertz CT molecular complexity index is 422. The van der Waals surface area contributed by atoms with Gasteiger partial charge in [-0.25, -0.2) is 0 Å². The zero-order valence-electron chi connectivity index (χ0n) is 12.3. The summed E-state index contributed by atoms with van der Waals surface area (Å²) in [5.74, 6) is 0.206. The predicted molar refractivity (Wildman–Crippen MR) is 79.4 cm³/mol. The molecule has 0 bridgehead atoms. The van der Waals surface area contributed by atoms with Crippen molar-refractivity contribution in [2.75, 3.05) is 19.8 Å². The number of hydrogen-bond donors (Lipinski definition) is 1. The minimum Gasteiger partial charge on any atom is -0.382 e. The summed E-state index contributed by atoms with van der Waals surface area (Å²) in [5.41, 5.74) is 1.20. The van der Waals surface area contributed by atoms with Crippen molar-refractivity contribution in [2.45, 2.75) is 38.9 Å². The fraction of sp³-hybridized carbons (Fsp3) is 0.562. The SMILES string of the molecule is CCOCCCN1C(=O)C(Cc2ccccc2)NC1C. The topological polar surface area (TPSA) is 41.6 Å². The molecule has 1 aliphatic heterocycles. The van der Waals surface area contributed by atoms with Crippen LogP contribution in [0.5, 0.6) is 0 Å². The van der Waals surface area contributed by atoms with Crippen molar-refractivity contribution in [1.29, 1.82) is 0 Å². The molecule has 1 aromatic rings. The first kappa shape index (κ1) is 15.0. The van der Waals surface area contributed by atoms with Crippen LogP contribution in [0.3, 0.4) is 0 Å².